The third-order valence-electron chi connectivity index (χ3n) is 3.33. The Labute approximate surface area is 135 Å². The van der Waals surface area contributed by atoms with Gasteiger partial charge in [-0.05, 0) is 29.2 Å². The number of halogens is 2. The largest absolute Gasteiger partial charge is 0.487 e. The molecule has 0 bridgehead atoms. The summed E-state index contributed by atoms with van der Waals surface area (Å²) in [6, 6.07) is 11.8. The third-order valence-corrected chi connectivity index (χ3v) is 3.83. The molecule has 0 heterocycles. The van der Waals surface area contributed by atoms with E-state index in [2.05, 4.69) is 38.1 Å². The number of benzene rings is 2. The van der Waals surface area contributed by atoms with Crippen LogP contribution in [0.15, 0.2) is 36.4 Å². The van der Waals surface area contributed by atoms with Crippen LogP contribution in [-0.2, 0) is 13.2 Å². The molecule has 2 rings (SSSR count). The summed E-state index contributed by atoms with van der Waals surface area (Å²) in [7, 11) is 0. The van der Waals surface area contributed by atoms with Crippen LogP contribution in [0.2, 0.25) is 10.0 Å². The maximum Gasteiger partial charge on any atom is 0.142 e. The molecule has 0 saturated carbocycles. The predicted molar refractivity (Wildman–Crippen MR) is 89.2 cm³/mol. The second kappa shape index (κ2) is 7.17. The van der Waals surface area contributed by atoms with Crippen molar-refractivity contribution in [2.75, 3.05) is 0 Å². The minimum Gasteiger partial charge on any atom is -0.487 e. The van der Waals surface area contributed by atoms with E-state index in [1.807, 2.05) is 0 Å². The van der Waals surface area contributed by atoms with Gasteiger partial charge in [0, 0.05) is 17.1 Å². The van der Waals surface area contributed by atoms with E-state index in [-0.39, 0.29) is 0 Å². The average Bonchev–Trinajstić information content (AvgIpc) is 2.46. The van der Waals surface area contributed by atoms with Crippen LogP contribution in [-0.4, -0.2) is 0 Å². The first-order valence-electron chi connectivity index (χ1n) is 6.91. The number of hydrogen-bond acceptors (Lipinski definition) is 2. The van der Waals surface area contributed by atoms with Crippen LogP contribution in [0.5, 0.6) is 5.75 Å². The summed E-state index contributed by atoms with van der Waals surface area (Å²) in [4.78, 5) is 0. The summed E-state index contributed by atoms with van der Waals surface area (Å²) in [5.74, 6) is 1.13. The molecular weight excluding hydrogens is 305 g/mol. The quantitative estimate of drug-likeness (QED) is 0.825. The molecule has 0 amide bonds. The summed E-state index contributed by atoms with van der Waals surface area (Å²) in [6.07, 6.45) is 0. The third kappa shape index (κ3) is 4.13. The van der Waals surface area contributed by atoms with Crippen molar-refractivity contribution in [1.82, 2.24) is 0 Å². The first-order valence-corrected chi connectivity index (χ1v) is 7.66. The van der Waals surface area contributed by atoms with E-state index in [9.17, 15) is 0 Å². The highest BCUT2D eigenvalue weighted by molar-refractivity contribution is 6.35. The number of ether oxygens (including phenoxy) is 1. The summed E-state index contributed by atoms with van der Waals surface area (Å²) in [5, 5.41) is 1.05. The van der Waals surface area contributed by atoms with E-state index in [1.54, 1.807) is 12.1 Å². The first kappa shape index (κ1) is 16.2. The van der Waals surface area contributed by atoms with Gasteiger partial charge >= 0.3 is 0 Å². The van der Waals surface area contributed by atoms with Gasteiger partial charge in [-0.2, -0.15) is 0 Å². The molecule has 0 unspecified atom stereocenters. The van der Waals surface area contributed by atoms with Gasteiger partial charge in [0.1, 0.15) is 12.4 Å². The van der Waals surface area contributed by atoms with Gasteiger partial charge in [0.25, 0.3) is 0 Å². The smallest absolute Gasteiger partial charge is 0.142 e. The molecule has 0 saturated heterocycles. The fourth-order valence-electron chi connectivity index (χ4n) is 2.08. The minimum absolute atomic E-state index is 0.335. The van der Waals surface area contributed by atoms with E-state index in [1.165, 1.54) is 5.56 Å². The Morgan fingerprint density at radius 2 is 1.76 bits per heavy atom. The number of hydrogen-bond donors (Lipinski definition) is 1. The van der Waals surface area contributed by atoms with Crippen LogP contribution >= 0.6 is 23.2 Å². The fraction of sp³-hybridized carbons (Fsp3) is 0.294. The van der Waals surface area contributed by atoms with Crippen LogP contribution in [0.1, 0.15) is 36.5 Å². The Kier molecular flexibility index (Phi) is 5.51. The van der Waals surface area contributed by atoms with Crippen LogP contribution in [0, 0.1) is 0 Å². The van der Waals surface area contributed by atoms with Gasteiger partial charge in [0.05, 0.1) is 5.02 Å². The zero-order chi connectivity index (χ0) is 15.4. The molecule has 2 aromatic carbocycles. The lowest BCUT2D eigenvalue weighted by atomic mass is 10.0. The second-order valence-corrected chi connectivity index (χ2v) is 6.11. The Bertz CT molecular complexity index is 609. The number of nitrogens with two attached hydrogens (primary N) is 1. The normalized spacial score (nSPS) is 11.0. The maximum atomic E-state index is 6.18. The monoisotopic (exact) mass is 323 g/mol. The van der Waals surface area contributed by atoms with E-state index in [4.69, 9.17) is 33.7 Å². The highest BCUT2D eigenvalue weighted by atomic mass is 35.5. The maximum absolute atomic E-state index is 6.18. The second-order valence-electron chi connectivity index (χ2n) is 5.26. The lowest BCUT2D eigenvalue weighted by molar-refractivity contribution is 0.303. The van der Waals surface area contributed by atoms with Crippen molar-refractivity contribution in [3.8, 4) is 5.75 Å². The van der Waals surface area contributed by atoms with Gasteiger partial charge in [-0.1, -0.05) is 61.3 Å². The molecule has 0 atom stereocenters. The Hall–Kier alpha value is -1.22. The molecule has 112 valence electrons. The van der Waals surface area contributed by atoms with E-state index < -0.39 is 0 Å². The molecule has 2 N–H and O–H groups in total. The zero-order valence-corrected chi connectivity index (χ0v) is 13.7. The average molecular weight is 324 g/mol. The van der Waals surface area contributed by atoms with Gasteiger partial charge in [0.15, 0.2) is 0 Å². The van der Waals surface area contributed by atoms with Crippen molar-refractivity contribution >= 4 is 23.2 Å². The Morgan fingerprint density at radius 1 is 1.10 bits per heavy atom. The van der Waals surface area contributed by atoms with Crippen molar-refractivity contribution in [3.05, 3.63) is 63.1 Å². The van der Waals surface area contributed by atoms with E-state index in [0.717, 1.165) is 11.1 Å². The highest BCUT2D eigenvalue weighted by Gasteiger charge is 2.10. The first-order chi connectivity index (χ1) is 10.0. The van der Waals surface area contributed by atoms with Crippen LogP contribution < -0.4 is 10.5 Å². The molecule has 0 aliphatic rings. The summed E-state index contributed by atoms with van der Waals surface area (Å²) >= 11 is 12.2. The van der Waals surface area contributed by atoms with Crippen LogP contribution in [0.4, 0.5) is 0 Å². The molecule has 0 aliphatic heterocycles. The van der Waals surface area contributed by atoms with E-state index >= 15 is 0 Å². The number of rotatable bonds is 5. The lowest BCUT2D eigenvalue weighted by Crippen LogP contribution is -2.03. The Morgan fingerprint density at radius 3 is 2.33 bits per heavy atom. The predicted octanol–water partition coefficient (Wildman–Crippen LogP) is 5.15. The molecule has 2 nitrogen and oxygen atoms in total. The highest BCUT2D eigenvalue weighted by Crippen LogP contribution is 2.32. The molecule has 4 heteroatoms. The summed E-state index contributed by atoms with van der Waals surface area (Å²) in [5.41, 5.74) is 8.93. The van der Waals surface area contributed by atoms with E-state index in [0.29, 0.717) is 34.9 Å². The van der Waals surface area contributed by atoms with Gasteiger partial charge in [-0.25, -0.2) is 0 Å². The van der Waals surface area contributed by atoms with Gasteiger partial charge in [-0.3, -0.25) is 0 Å². The van der Waals surface area contributed by atoms with Crippen molar-refractivity contribution in [1.29, 1.82) is 0 Å². The molecule has 0 radical (unpaired) electrons. The molecule has 0 aliphatic carbocycles. The summed E-state index contributed by atoms with van der Waals surface area (Å²) in [6.45, 7) is 5.13. The SMILES string of the molecule is CC(C)c1ccc(COc2c(Cl)cc(Cl)cc2CN)cc1. The fourth-order valence-corrected chi connectivity index (χ4v) is 2.67. The van der Waals surface area contributed by atoms with Crippen molar-refractivity contribution in [3.63, 3.8) is 0 Å². The summed E-state index contributed by atoms with van der Waals surface area (Å²) < 4.78 is 5.83. The van der Waals surface area contributed by atoms with Crippen molar-refractivity contribution < 1.29 is 4.74 Å². The lowest BCUT2D eigenvalue weighted by Gasteiger charge is -2.13. The van der Waals surface area contributed by atoms with Crippen LogP contribution in [0.25, 0.3) is 0 Å². The molecule has 0 spiro atoms. The van der Waals surface area contributed by atoms with Crippen molar-refractivity contribution in [2.24, 2.45) is 5.73 Å². The molecule has 2 aromatic rings. The van der Waals surface area contributed by atoms with Crippen molar-refractivity contribution in [2.45, 2.75) is 32.9 Å². The standard InChI is InChI=1S/C17H19Cl2NO/c1-11(2)13-5-3-12(4-6-13)10-21-17-14(9-20)7-15(18)8-16(17)19/h3-8,11H,9-10,20H2,1-2H3. The van der Waals surface area contributed by atoms with Gasteiger partial charge < -0.3 is 10.5 Å². The molecule has 0 fully saturated rings. The van der Waals surface area contributed by atoms with Gasteiger partial charge in [-0.15, -0.1) is 0 Å². The molecule has 0 aromatic heterocycles. The topological polar surface area (TPSA) is 35.2 Å². The Balaban J connectivity index is 2.13. The van der Waals surface area contributed by atoms with Crippen LogP contribution in [0.3, 0.4) is 0 Å². The molecular formula is C17H19Cl2NO. The van der Waals surface area contributed by atoms with Gasteiger partial charge in [0.2, 0.25) is 0 Å². The minimum atomic E-state index is 0.335. The zero-order valence-electron chi connectivity index (χ0n) is 12.2. The molecule has 21 heavy (non-hydrogen) atoms.